The number of carbonyl (C=O) groups is 2. The summed E-state index contributed by atoms with van der Waals surface area (Å²) in [6.07, 6.45) is 3.73. The zero-order valence-electron chi connectivity index (χ0n) is 15.6. The molecule has 0 aliphatic carbocycles. The zero-order valence-corrected chi connectivity index (χ0v) is 15.6. The summed E-state index contributed by atoms with van der Waals surface area (Å²) in [5, 5.41) is 0. The minimum atomic E-state index is -0.566. The van der Waals surface area contributed by atoms with Gasteiger partial charge in [0.25, 0.3) is 5.91 Å². The number of benzene rings is 2. The number of rotatable bonds is 4. The number of ether oxygens (including phenoxy) is 3. The predicted molar refractivity (Wildman–Crippen MR) is 105 cm³/mol. The van der Waals surface area contributed by atoms with Gasteiger partial charge < -0.3 is 19.1 Å². The highest BCUT2D eigenvalue weighted by molar-refractivity contribution is 5.98. The first-order valence-corrected chi connectivity index (χ1v) is 9.26. The largest absolute Gasteiger partial charge is 0.486 e. The number of esters is 1. The second-order valence-corrected chi connectivity index (χ2v) is 6.79. The van der Waals surface area contributed by atoms with Crippen LogP contribution in [0.3, 0.4) is 0 Å². The highest BCUT2D eigenvalue weighted by atomic mass is 16.6. The van der Waals surface area contributed by atoms with Crippen molar-refractivity contribution in [3.63, 3.8) is 0 Å². The topological polar surface area (TPSA) is 65.1 Å². The maximum Gasteiger partial charge on any atom is 0.331 e. The van der Waals surface area contributed by atoms with Gasteiger partial charge in [-0.1, -0.05) is 24.3 Å². The number of fused-ring (bicyclic) bond motifs is 2. The van der Waals surface area contributed by atoms with Crippen molar-refractivity contribution < 1.29 is 23.8 Å². The van der Waals surface area contributed by atoms with E-state index in [9.17, 15) is 9.59 Å². The predicted octanol–water partition coefficient (Wildman–Crippen LogP) is 2.99. The molecule has 2 heterocycles. The summed E-state index contributed by atoms with van der Waals surface area (Å²) < 4.78 is 16.1. The normalized spacial score (nSPS) is 17.5. The summed E-state index contributed by atoms with van der Waals surface area (Å²) in [5.41, 5.74) is 2.81. The van der Waals surface area contributed by atoms with Crippen molar-refractivity contribution in [1.29, 1.82) is 0 Å². The molecule has 2 aliphatic heterocycles. The summed E-state index contributed by atoms with van der Waals surface area (Å²) in [6.45, 7) is 2.73. The number of amides is 1. The number of anilines is 1. The summed E-state index contributed by atoms with van der Waals surface area (Å²) in [5.74, 6) is 0.553. The molecule has 0 aromatic heterocycles. The molecule has 28 heavy (non-hydrogen) atoms. The van der Waals surface area contributed by atoms with Gasteiger partial charge >= 0.3 is 5.97 Å². The van der Waals surface area contributed by atoms with Crippen LogP contribution in [0, 0.1) is 0 Å². The maximum absolute atomic E-state index is 12.6. The van der Waals surface area contributed by atoms with E-state index in [1.807, 2.05) is 37.3 Å². The molecule has 144 valence electrons. The minimum Gasteiger partial charge on any atom is -0.486 e. The fraction of sp³-hybridized carbons (Fsp3) is 0.273. The first-order valence-electron chi connectivity index (χ1n) is 9.26. The molecule has 2 aromatic carbocycles. The van der Waals surface area contributed by atoms with Crippen LogP contribution in [0.1, 0.15) is 18.1 Å². The van der Waals surface area contributed by atoms with Gasteiger partial charge in [-0.2, -0.15) is 0 Å². The fourth-order valence-electron chi connectivity index (χ4n) is 3.52. The Labute approximate surface area is 163 Å². The van der Waals surface area contributed by atoms with E-state index in [-0.39, 0.29) is 18.6 Å². The third-order valence-corrected chi connectivity index (χ3v) is 4.79. The Hall–Kier alpha value is -3.28. The van der Waals surface area contributed by atoms with Gasteiger partial charge in [-0.05, 0) is 48.7 Å². The molecule has 1 atom stereocenters. The van der Waals surface area contributed by atoms with Crippen LogP contribution in [-0.2, 0) is 20.7 Å². The molecule has 4 rings (SSSR count). The number of hydrogen-bond donors (Lipinski definition) is 0. The van der Waals surface area contributed by atoms with Crippen molar-refractivity contribution >= 4 is 23.6 Å². The molecule has 0 N–H and O–H groups in total. The van der Waals surface area contributed by atoms with Crippen LogP contribution >= 0.6 is 0 Å². The van der Waals surface area contributed by atoms with Crippen LogP contribution in [0.5, 0.6) is 11.5 Å². The van der Waals surface area contributed by atoms with Crippen molar-refractivity contribution in [3.05, 3.63) is 59.7 Å². The summed E-state index contributed by atoms with van der Waals surface area (Å²) in [4.78, 5) is 26.3. The average Bonchev–Trinajstić information content (AvgIpc) is 3.06. The van der Waals surface area contributed by atoms with Gasteiger partial charge in [-0.3, -0.25) is 4.79 Å². The molecule has 0 fully saturated rings. The molecule has 2 aliphatic rings. The highest BCUT2D eigenvalue weighted by Gasteiger charge is 2.30. The lowest BCUT2D eigenvalue weighted by molar-refractivity contribution is -0.143. The smallest absolute Gasteiger partial charge is 0.331 e. The van der Waals surface area contributed by atoms with E-state index in [1.165, 1.54) is 6.08 Å². The standard InChI is InChI=1S/C22H21NO5/c1-15-12-17-4-2-3-5-18(17)23(15)21(24)14-28-22(25)9-7-16-6-8-19-20(13-16)27-11-10-26-19/h2-9,13,15H,10-12,14H2,1H3/b9-7+/t15-/m0/s1. The van der Waals surface area contributed by atoms with E-state index < -0.39 is 5.97 Å². The molecule has 0 radical (unpaired) electrons. The van der Waals surface area contributed by atoms with Gasteiger partial charge in [0.15, 0.2) is 18.1 Å². The Balaban J connectivity index is 1.34. The van der Waals surface area contributed by atoms with Crippen LogP contribution in [0.15, 0.2) is 48.5 Å². The van der Waals surface area contributed by atoms with Crippen molar-refractivity contribution in [2.24, 2.45) is 0 Å². The molecule has 0 saturated carbocycles. The van der Waals surface area contributed by atoms with E-state index in [4.69, 9.17) is 14.2 Å². The average molecular weight is 379 g/mol. The number of para-hydroxylation sites is 1. The minimum absolute atomic E-state index is 0.0526. The molecule has 0 spiro atoms. The van der Waals surface area contributed by atoms with E-state index in [0.29, 0.717) is 24.7 Å². The number of carbonyl (C=O) groups excluding carboxylic acids is 2. The van der Waals surface area contributed by atoms with Crippen molar-refractivity contribution in [2.45, 2.75) is 19.4 Å². The lowest BCUT2D eigenvalue weighted by atomic mass is 10.1. The van der Waals surface area contributed by atoms with Crippen LogP contribution in [0.4, 0.5) is 5.69 Å². The van der Waals surface area contributed by atoms with Crippen LogP contribution in [0.2, 0.25) is 0 Å². The van der Waals surface area contributed by atoms with Crippen molar-refractivity contribution in [1.82, 2.24) is 0 Å². The Kier molecular flexibility index (Phi) is 5.02. The van der Waals surface area contributed by atoms with Gasteiger partial charge in [0.1, 0.15) is 13.2 Å². The van der Waals surface area contributed by atoms with Crippen LogP contribution in [-0.4, -0.2) is 37.7 Å². The highest BCUT2D eigenvalue weighted by Crippen LogP contribution is 2.32. The Bertz CT molecular complexity index is 936. The molecule has 0 saturated heterocycles. The molecule has 6 nitrogen and oxygen atoms in total. The van der Waals surface area contributed by atoms with Gasteiger partial charge in [0, 0.05) is 17.8 Å². The first-order chi connectivity index (χ1) is 13.6. The van der Waals surface area contributed by atoms with E-state index in [0.717, 1.165) is 23.2 Å². The van der Waals surface area contributed by atoms with Gasteiger partial charge in [-0.25, -0.2) is 4.79 Å². The summed E-state index contributed by atoms with van der Waals surface area (Å²) in [7, 11) is 0. The lowest BCUT2D eigenvalue weighted by Gasteiger charge is -2.22. The number of hydrogen-bond acceptors (Lipinski definition) is 5. The molecule has 1 amide bonds. The molecular formula is C22H21NO5. The third-order valence-electron chi connectivity index (χ3n) is 4.79. The first kappa shape index (κ1) is 18.1. The zero-order chi connectivity index (χ0) is 19.5. The van der Waals surface area contributed by atoms with E-state index in [1.54, 1.807) is 23.1 Å². The van der Waals surface area contributed by atoms with Crippen LogP contribution in [0.25, 0.3) is 6.08 Å². The Morgan fingerprint density at radius 1 is 1.14 bits per heavy atom. The summed E-state index contributed by atoms with van der Waals surface area (Å²) in [6, 6.07) is 13.3. The Morgan fingerprint density at radius 2 is 1.93 bits per heavy atom. The van der Waals surface area contributed by atoms with Crippen LogP contribution < -0.4 is 14.4 Å². The molecule has 2 aromatic rings. The van der Waals surface area contributed by atoms with E-state index >= 15 is 0 Å². The van der Waals surface area contributed by atoms with Crippen molar-refractivity contribution in [2.75, 3.05) is 24.7 Å². The van der Waals surface area contributed by atoms with E-state index in [2.05, 4.69) is 0 Å². The fourth-order valence-corrected chi connectivity index (χ4v) is 3.52. The Morgan fingerprint density at radius 3 is 2.79 bits per heavy atom. The summed E-state index contributed by atoms with van der Waals surface area (Å²) >= 11 is 0. The van der Waals surface area contributed by atoms with Gasteiger partial charge in [-0.15, -0.1) is 0 Å². The molecule has 0 bridgehead atoms. The van der Waals surface area contributed by atoms with Gasteiger partial charge in [0.2, 0.25) is 0 Å². The third kappa shape index (κ3) is 3.71. The number of nitrogens with zero attached hydrogens (tertiary/aromatic N) is 1. The van der Waals surface area contributed by atoms with Gasteiger partial charge in [0.05, 0.1) is 0 Å². The molecule has 6 heteroatoms. The maximum atomic E-state index is 12.6. The molecular weight excluding hydrogens is 358 g/mol. The second-order valence-electron chi connectivity index (χ2n) is 6.79. The monoisotopic (exact) mass is 379 g/mol. The molecule has 0 unspecified atom stereocenters. The lowest BCUT2D eigenvalue weighted by Crippen LogP contribution is -2.38. The SMILES string of the molecule is C[C@H]1Cc2ccccc2N1C(=O)COC(=O)/C=C/c1ccc2c(c1)OCCO2. The quantitative estimate of drug-likeness (QED) is 0.604. The second kappa shape index (κ2) is 7.76. The van der Waals surface area contributed by atoms with Crippen molar-refractivity contribution in [3.8, 4) is 11.5 Å².